The summed E-state index contributed by atoms with van der Waals surface area (Å²) in [4.78, 5) is 2.36. The fourth-order valence-electron chi connectivity index (χ4n) is 2.65. The van der Waals surface area contributed by atoms with Crippen molar-refractivity contribution in [3.05, 3.63) is 29.6 Å². The third kappa shape index (κ3) is 3.19. The fraction of sp³-hybridized carbons (Fsp3) is 0.571. The van der Waals surface area contributed by atoms with E-state index in [0.29, 0.717) is 6.04 Å². The standard InChI is InChI=1S/C14H20FNO/c1-10-3-4-16(11(2)5-10)9-12-6-13(15)8-14(17)7-12/h6-8,10-11,17H,3-5,9H2,1-2H3. The topological polar surface area (TPSA) is 23.5 Å². The summed E-state index contributed by atoms with van der Waals surface area (Å²) < 4.78 is 13.2. The number of likely N-dealkylation sites (tertiary alicyclic amines) is 1. The Hall–Kier alpha value is -1.09. The Balaban J connectivity index is 2.05. The van der Waals surface area contributed by atoms with Gasteiger partial charge in [0.2, 0.25) is 0 Å². The van der Waals surface area contributed by atoms with Crippen LogP contribution in [0.3, 0.4) is 0 Å². The number of benzene rings is 1. The monoisotopic (exact) mass is 237 g/mol. The molecular weight excluding hydrogens is 217 g/mol. The predicted octanol–water partition coefficient (Wildman–Crippen LogP) is 3.15. The molecule has 0 radical (unpaired) electrons. The van der Waals surface area contributed by atoms with Gasteiger partial charge in [0.15, 0.2) is 0 Å². The molecule has 1 aromatic carbocycles. The number of halogens is 1. The van der Waals surface area contributed by atoms with Crippen molar-refractivity contribution in [2.45, 2.75) is 39.3 Å². The zero-order valence-electron chi connectivity index (χ0n) is 10.5. The number of nitrogens with zero attached hydrogens (tertiary/aromatic N) is 1. The highest BCUT2D eigenvalue weighted by Crippen LogP contribution is 2.25. The highest BCUT2D eigenvalue weighted by Gasteiger charge is 2.22. The summed E-state index contributed by atoms with van der Waals surface area (Å²) in [6, 6.07) is 4.83. The van der Waals surface area contributed by atoms with Gasteiger partial charge in [-0.15, -0.1) is 0 Å². The van der Waals surface area contributed by atoms with Crippen LogP contribution in [0.1, 0.15) is 32.3 Å². The number of hydrogen-bond acceptors (Lipinski definition) is 2. The molecule has 2 rings (SSSR count). The van der Waals surface area contributed by atoms with Crippen LogP contribution in [0.15, 0.2) is 18.2 Å². The van der Waals surface area contributed by atoms with E-state index in [1.165, 1.54) is 18.9 Å². The van der Waals surface area contributed by atoms with Crippen LogP contribution in [0.5, 0.6) is 5.75 Å². The van der Waals surface area contributed by atoms with E-state index in [1.54, 1.807) is 6.07 Å². The number of rotatable bonds is 2. The van der Waals surface area contributed by atoms with Gasteiger partial charge in [0, 0.05) is 18.7 Å². The molecule has 2 atom stereocenters. The summed E-state index contributed by atoms with van der Waals surface area (Å²) in [5.41, 5.74) is 0.851. The molecule has 2 unspecified atom stereocenters. The lowest BCUT2D eigenvalue weighted by atomic mass is 9.93. The van der Waals surface area contributed by atoms with Crippen molar-refractivity contribution in [3.63, 3.8) is 0 Å². The largest absolute Gasteiger partial charge is 0.508 e. The third-order valence-electron chi connectivity index (χ3n) is 3.60. The molecule has 0 aromatic heterocycles. The van der Waals surface area contributed by atoms with Gasteiger partial charge >= 0.3 is 0 Å². The quantitative estimate of drug-likeness (QED) is 0.854. The lowest BCUT2D eigenvalue weighted by Crippen LogP contribution is -2.39. The van der Waals surface area contributed by atoms with Crippen molar-refractivity contribution in [2.75, 3.05) is 6.54 Å². The molecule has 0 aliphatic carbocycles. The van der Waals surface area contributed by atoms with Crippen LogP contribution < -0.4 is 0 Å². The molecule has 0 spiro atoms. The maximum absolute atomic E-state index is 13.2. The van der Waals surface area contributed by atoms with Gasteiger partial charge in [-0.2, -0.15) is 0 Å². The zero-order chi connectivity index (χ0) is 12.4. The molecule has 0 amide bonds. The first-order valence-electron chi connectivity index (χ1n) is 6.27. The average molecular weight is 237 g/mol. The van der Waals surface area contributed by atoms with Crippen LogP contribution in [0.25, 0.3) is 0 Å². The second-order valence-electron chi connectivity index (χ2n) is 5.27. The van der Waals surface area contributed by atoms with Crippen LogP contribution in [-0.2, 0) is 6.54 Å². The van der Waals surface area contributed by atoms with Crippen molar-refractivity contribution in [3.8, 4) is 5.75 Å². The normalized spacial score (nSPS) is 26.1. The second kappa shape index (κ2) is 5.05. The Kier molecular flexibility index (Phi) is 3.67. The number of aromatic hydroxyl groups is 1. The van der Waals surface area contributed by atoms with Crippen molar-refractivity contribution < 1.29 is 9.50 Å². The number of phenolic OH excluding ortho intramolecular Hbond substituents is 1. The van der Waals surface area contributed by atoms with E-state index in [2.05, 4.69) is 18.7 Å². The Morgan fingerprint density at radius 1 is 1.35 bits per heavy atom. The van der Waals surface area contributed by atoms with Gasteiger partial charge in [0.25, 0.3) is 0 Å². The number of phenols is 1. The van der Waals surface area contributed by atoms with Crippen LogP contribution >= 0.6 is 0 Å². The van der Waals surface area contributed by atoms with Crippen LogP contribution in [0.4, 0.5) is 4.39 Å². The zero-order valence-corrected chi connectivity index (χ0v) is 10.5. The lowest BCUT2D eigenvalue weighted by Gasteiger charge is -2.36. The summed E-state index contributed by atoms with van der Waals surface area (Å²) in [6.07, 6.45) is 2.40. The Labute approximate surface area is 102 Å². The molecule has 1 aromatic rings. The SMILES string of the molecule is CC1CCN(Cc2cc(O)cc(F)c2)C(C)C1. The summed E-state index contributed by atoms with van der Waals surface area (Å²) in [5, 5.41) is 9.37. The minimum Gasteiger partial charge on any atom is -0.508 e. The van der Waals surface area contributed by atoms with Crippen molar-refractivity contribution in [1.29, 1.82) is 0 Å². The summed E-state index contributed by atoms with van der Waals surface area (Å²) in [5.74, 6) is 0.429. The van der Waals surface area contributed by atoms with Crippen molar-refractivity contribution >= 4 is 0 Å². The predicted molar refractivity (Wildman–Crippen MR) is 66.3 cm³/mol. The second-order valence-corrected chi connectivity index (χ2v) is 5.27. The van der Waals surface area contributed by atoms with Gasteiger partial charge in [0.1, 0.15) is 11.6 Å². The van der Waals surface area contributed by atoms with Gasteiger partial charge in [-0.05, 0) is 49.9 Å². The van der Waals surface area contributed by atoms with Crippen molar-refractivity contribution in [1.82, 2.24) is 4.90 Å². The maximum Gasteiger partial charge on any atom is 0.127 e. The maximum atomic E-state index is 13.2. The molecule has 1 aliphatic heterocycles. The van der Waals surface area contributed by atoms with Gasteiger partial charge in [-0.3, -0.25) is 4.90 Å². The molecule has 1 fully saturated rings. The van der Waals surface area contributed by atoms with E-state index in [1.807, 2.05) is 0 Å². The molecule has 1 aliphatic rings. The van der Waals surface area contributed by atoms with E-state index in [-0.39, 0.29) is 11.6 Å². The molecular formula is C14H20FNO. The smallest absolute Gasteiger partial charge is 0.127 e. The number of hydrogen-bond donors (Lipinski definition) is 1. The molecule has 1 heterocycles. The van der Waals surface area contributed by atoms with Gasteiger partial charge in [0.05, 0.1) is 0 Å². The molecule has 1 N–H and O–H groups in total. The first-order chi connectivity index (χ1) is 8.04. The summed E-state index contributed by atoms with van der Waals surface area (Å²) in [7, 11) is 0. The molecule has 3 heteroatoms. The van der Waals surface area contributed by atoms with Crippen molar-refractivity contribution in [2.24, 2.45) is 5.92 Å². The van der Waals surface area contributed by atoms with E-state index in [4.69, 9.17) is 0 Å². The Morgan fingerprint density at radius 2 is 2.12 bits per heavy atom. The summed E-state index contributed by atoms with van der Waals surface area (Å²) >= 11 is 0. The Morgan fingerprint density at radius 3 is 2.76 bits per heavy atom. The van der Waals surface area contributed by atoms with Crippen LogP contribution in [0, 0.1) is 11.7 Å². The first-order valence-corrected chi connectivity index (χ1v) is 6.27. The van der Waals surface area contributed by atoms with Gasteiger partial charge < -0.3 is 5.11 Å². The van der Waals surface area contributed by atoms with E-state index >= 15 is 0 Å². The van der Waals surface area contributed by atoms with Gasteiger partial charge in [-0.25, -0.2) is 4.39 Å². The van der Waals surface area contributed by atoms with Gasteiger partial charge in [-0.1, -0.05) is 6.92 Å². The average Bonchev–Trinajstić information content (AvgIpc) is 2.21. The fourth-order valence-corrected chi connectivity index (χ4v) is 2.65. The Bertz CT molecular complexity index is 374. The highest BCUT2D eigenvalue weighted by atomic mass is 19.1. The minimum absolute atomic E-state index is 0.0121. The molecule has 1 saturated heterocycles. The molecule has 0 bridgehead atoms. The number of piperidine rings is 1. The molecule has 2 nitrogen and oxygen atoms in total. The van der Waals surface area contributed by atoms with Crippen LogP contribution in [-0.4, -0.2) is 22.6 Å². The highest BCUT2D eigenvalue weighted by molar-refractivity contribution is 5.28. The molecule has 17 heavy (non-hydrogen) atoms. The van der Waals surface area contributed by atoms with E-state index in [9.17, 15) is 9.50 Å². The van der Waals surface area contributed by atoms with Crippen LogP contribution in [0.2, 0.25) is 0 Å². The first kappa shape index (κ1) is 12.4. The molecule has 0 saturated carbocycles. The molecule has 94 valence electrons. The lowest BCUT2D eigenvalue weighted by molar-refractivity contribution is 0.122. The minimum atomic E-state index is -0.363. The van der Waals surface area contributed by atoms with E-state index in [0.717, 1.165) is 30.6 Å². The van der Waals surface area contributed by atoms with E-state index < -0.39 is 0 Å². The third-order valence-corrected chi connectivity index (χ3v) is 3.60. The summed E-state index contributed by atoms with van der Waals surface area (Å²) in [6.45, 7) is 6.27.